The summed E-state index contributed by atoms with van der Waals surface area (Å²) in [5.41, 5.74) is -7.51. The molecule has 0 saturated carbocycles. The van der Waals surface area contributed by atoms with Gasteiger partial charge in [0.25, 0.3) is 0 Å². The second kappa shape index (κ2) is 6.32. The van der Waals surface area contributed by atoms with Crippen LogP contribution in [0.5, 0.6) is 0 Å². The second-order valence-electron chi connectivity index (χ2n) is 5.23. The van der Waals surface area contributed by atoms with Crippen LogP contribution in [0.1, 0.15) is 12.0 Å². The van der Waals surface area contributed by atoms with Crippen LogP contribution in [-0.2, 0) is 4.87 Å². The van der Waals surface area contributed by atoms with Crippen molar-refractivity contribution in [2.24, 2.45) is 0 Å². The van der Waals surface area contributed by atoms with Crippen molar-refractivity contribution in [1.29, 1.82) is 0 Å². The lowest BCUT2D eigenvalue weighted by Gasteiger charge is -2.36. The SMILES string of the molecule is FC(F)(F)C(F)(C1=CC(Cl)(c2cccnc2Cl)CC(Cl)=C1)C(F)(F)F. The third-order valence-corrected chi connectivity index (χ3v) is 4.50. The summed E-state index contributed by atoms with van der Waals surface area (Å²) in [5, 5.41) is -0.758. The van der Waals surface area contributed by atoms with Gasteiger partial charge in [0.05, 0.1) is 4.87 Å². The van der Waals surface area contributed by atoms with Gasteiger partial charge in [0.1, 0.15) is 5.15 Å². The van der Waals surface area contributed by atoms with E-state index in [4.69, 9.17) is 34.8 Å². The van der Waals surface area contributed by atoms with Crippen molar-refractivity contribution >= 4 is 34.8 Å². The minimum Gasteiger partial charge on any atom is -0.244 e. The number of rotatable bonds is 2. The van der Waals surface area contributed by atoms with Crippen molar-refractivity contribution in [3.8, 4) is 0 Å². The third-order valence-electron chi connectivity index (χ3n) is 3.51. The van der Waals surface area contributed by atoms with E-state index >= 15 is 0 Å². The van der Waals surface area contributed by atoms with Crippen LogP contribution >= 0.6 is 34.8 Å². The van der Waals surface area contributed by atoms with Crippen LogP contribution in [0.15, 0.2) is 41.1 Å². The van der Waals surface area contributed by atoms with E-state index < -0.39 is 39.9 Å². The summed E-state index contributed by atoms with van der Waals surface area (Å²) in [7, 11) is 0. The third kappa shape index (κ3) is 3.48. The quantitative estimate of drug-likeness (QED) is 0.299. The van der Waals surface area contributed by atoms with Gasteiger partial charge in [-0.25, -0.2) is 9.37 Å². The molecular weight excluding hydrogens is 422 g/mol. The fraction of sp³-hybridized carbons (Fsp3) is 0.357. The summed E-state index contributed by atoms with van der Waals surface area (Å²) in [5.74, 6) is 0. The molecule has 0 aromatic carbocycles. The molecule has 0 spiro atoms. The van der Waals surface area contributed by atoms with E-state index in [1.165, 1.54) is 18.3 Å². The lowest BCUT2D eigenvalue weighted by Crippen LogP contribution is -2.55. The van der Waals surface area contributed by atoms with E-state index in [0.717, 1.165) is 0 Å². The van der Waals surface area contributed by atoms with Crippen LogP contribution in [-0.4, -0.2) is 23.0 Å². The molecule has 1 aliphatic rings. The number of hydrogen-bond donors (Lipinski definition) is 0. The largest absolute Gasteiger partial charge is 0.435 e. The minimum atomic E-state index is -6.28. The maximum atomic E-state index is 14.3. The first kappa shape index (κ1) is 20.3. The molecule has 0 amide bonds. The van der Waals surface area contributed by atoms with E-state index in [-0.39, 0.29) is 16.8 Å². The van der Waals surface area contributed by atoms with Crippen LogP contribution in [0.3, 0.4) is 0 Å². The number of nitrogens with zero attached hydrogens (tertiary/aromatic N) is 1. The molecule has 0 fully saturated rings. The smallest absolute Gasteiger partial charge is 0.244 e. The summed E-state index contributed by atoms with van der Waals surface area (Å²) in [6.07, 6.45) is -11.1. The van der Waals surface area contributed by atoms with Crippen molar-refractivity contribution < 1.29 is 30.7 Å². The van der Waals surface area contributed by atoms with E-state index in [0.29, 0.717) is 6.08 Å². The molecular formula is C14H7Cl3F7N. The Kier molecular flexibility index (Phi) is 5.13. The average molecular weight is 429 g/mol. The first-order valence-corrected chi connectivity index (χ1v) is 7.57. The van der Waals surface area contributed by atoms with Gasteiger partial charge in [-0.05, 0) is 12.1 Å². The number of aromatic nitrogens is 1. The maximum absolute atomic E-state index is 14.3. The lowest BCUT2D eigenvalue weighted by molar-refractivity contribution is -0.325. The van der Waals surface area contributed by atoms with E-state index in [2.05, 4.69) is 4.98 Å². The van der Waals surface area contributed by atoms with Crippen molar-refractivity contribution in [2.45, 2.75) is 29.3 Å². The maximum Gasteiger partial charge on any atom is 0.435 e. The van der Waals surface area contributed by atoms with Crippen molar-refractivity contribution in [3.05, 3.63) is 51.8 Å². The van der Waals surface area contributed by atoms with E-state index in [1.54, 1.807) is 0 Å². The number of allylic oxidation sites excluding steroid dienone is 4. The fourth-order valence-corrected chi connectivity index (χ4v) is 3.51. The number of hydrogen-bond acceptors (Lipinski definition) is 1. The number of halogens is 10. The van der Waals surface area contributed by atoms with Gasteiger partial charge < -0.3 is 0 Å². The first-order chi connectivity index (χ1) is 11.2. The van der Waals surface area contributed by atoms with Crippen molar-refractivity contribution in [2.75, 3.05) is 0 Å². The molecule has 25 heavy (non-hydrogen) atoms. The Morgan fingerprint density at radius 1 is 1.00 bits per heavy atom. The Hall–Kier alpha value is -0.990. The lowest BCUT2D eigenvalue weighted by atomic mass is 9.82. The highest BCUT2D eigenvalue weighted by Crippen LogP contribution is 2.55. The van der Waals surface area contributed by atoms with Gasteiger partial charge in [0.2, 0.25) is 0 Å². The molecule has 0 radical (unpaired) electrons. The van der Waals surface area contributed by atoms with E-state index in [9.17, 15) is 30.7 Å². The first-order valence-electron chi connectivity index (χ1n) is 6.44. The van der Waals surface area contributed by atoms with Gasteiger partial charge >= 0.3 is 18.0 Å². The van der Waals surface area contributed by atoms with Gasteiger partial charge in [0, 0.05) is 28.8 Å². The molecule has 2 rings (SSSR count). The van der Waals surface area contributed by atoms with Crippen LogP contribution in [0.4, 0.5) is 30.7 Å². The normalized spacial score (nSPS) is 22.5. The number of alkyl halides is 8. The summed E-state index contributed by atoms with van der Waals surface area (Å²) < 4.78 is 92.0. The van der Waals surface area contributed by atoms with Gasteiger partial charge in [0.15, 0.2) is 0 Å². The topological polar surface area (TPSA) is 12.9 Å². The summed E-state index contributed by atoms with van der Waals surface area (Å²) in [6, 6.07) is 2.56. The summed E-state index contributed by atoms with van der Waals surface area (Å²) in [4.78, 5) is 1.63. The molecule has 138 valence electrons. The average Bonchev–Trinajstić information content (AvgIpc) is 2.43. The molecule has 1 aliphatic carbocycles. The van der Waals surface area contributed by atoms with Crippen LogP contribution < -0.4 is 0 Å². The Labute approximate surface area is 152 Å². The van der Waals surface area contributed by atoms with Gasteiger partial charge in [-0.3, -0.25) is 0 Å². The monoisotopic (exact) mass is 427 g/mol. The second-order valence-corrected chi connectivity index (χ2v) is 6.74. The number of pyridine rings is 1. The Morgan fingerprint density at radius 3 is 2.04 bits per heavy atom. The molecule has 0 bridgehead atoms. The Morgan fingerprint density at radius 2 is 1.56 bits per heavy atom. The highest BCUT2D eigenvalue weighted by molar-refractivity contribution is 6.34. The molecule has 11 heteroatoms. The van der Waals surface area contributed by atoms with Gasteiger partial charge in [-0.15, -0.1) is 11.6 Å². The standard InChI is InChI=1S/C14H7Cl3F7N/c15-8-4-7(12(18,13(19,20)21)14(22,23)24)5-11(17,6-8)9-2-1-3-25-10(9)16/h1-5H,6H2. The molecule has 0 saturated heterocycles. The highest BCUT2D eigenvalue weighted by atomic mass is 35.5. The zero-order valence-electron chi connectivity index (χ0n) is 11.8. The zero-order valence-corrected chi connectivity index (χ0v) is 14.1. The molecule has 1 unspecified atom stereocenters. The van der Waals surface area contributed by atoms with E-state index in [1.807, 2.05) is 0 Å². The predicted molar refractivity (Wildman–Crippen MR) is 79.4 cm³/mol. The van der Waals surface area contributed by atoms with Crippen LogP contribution in [0.2, 0.25) is 5.15 Å². The van der Waals surface area contributed by atoms with Gasteiger partial charge in [-0.1, -0.05) is 35.3 Å². The molecule has 0 N–H and O–H groups in total. The summed E-state index contributed by atoms with van der Waals surface area (Å²) in [6.45, 7) is 0. The molecule has 1 heterocycles. The van der Waals surface area contributed by atoms with Crippen molar-refractivity contribution in [1.82, 2.24) is 4.98 Å². The van der Waals surface area contributed by atoms with Gasteiger partial charge in [-0.2, -0.15) is 26.3 Å². The molecule has 1 atom stereocenters. The van der Waals surface area contributed by atoms with Crippen molar-refractivity contribution in [3.63, 3.8) is 0 Å². The Balaban J connectivity index is 2.71. The fourth-order valence-electron chi connectivity index (χ4n) is 2.36. The minimum absolute atomic E-state index is 0.103. The molecule has 1 nitrogen and oxygen atoms in total. The van der Waals surface area contributed by atoms with Crippen LogP contribution in [0, 0.1) is 0 Å². The Bertz CT molecular complexity index is 725. The summed E-state index contributed by atoms with van der Waals surface area (Å²) >= 11 is 17.7. The molecule has 1 aromatic heterocycles. The van der Waals surface area contributed by atoms with Crippen LogP contribution in [0.25, 0.3) is 0 Å². The highest BCUT2D eigenvalue weighted by Gasteiger charge is 2.74. The predicted octanol–water partition coefficient (Wildman–Crippen LogP) is 6.45. The molecule has 0 aliphatic heterocycles. The zero-order chi connectivity index (χ0) is 19.3. The molecule has 1 aromatic rings.